The van der Waals surface area contributed by atoms with E-state index in [9.17, 15) is 13.2 Å². The van der Waals surface area contributed by atoms with Crippen molar-refractivity contribution in [1.82, 2.24) is 0 Å². The van der Waals surface area contributed by atoms with Crippen LogP contribution in [0.25, 0.3) is 0 Å². The normalized spacial score (nSPS) is 11.1. The highest BCUT2D eigenvalue weighted by molar-refractivity contribution is 7.89. The fourth-order valence-electron chi connectivity index (χ4n) is 2.65. The molecular formula is C20H17Cl2N3O3S. The number of anilines is 3. The minimum Gasteiger partial charge on any atom is -0.353 e. The number of halogens is 2. The third-order valence-electron chi connectivity index (χ3n) is 4.06. The summed E-state index contributed by atoms with van der Waals surface area (Å²) < 4.78 is 22.6. The average molecular weight is 450 g/mol. The van der Waals surface area contributed by atoms with Crippen LogP contribution in [0.15, 0.2) is 71.6 Å². The zero-order valence-corrected chi connectivity index (χ0v) is 17.4. The predicted molar refractivity (Wildman–Crippen MR) is 116 cm³/mol. The number of nitrogens with one attached hydrogen (secondary N) is 2. The van der Waals surface area contributed by atoms with Gasteiger partial charge in [-0.1, -0.05) is 47.5 Å². The van der Waals surface area contributed by atoms with Gasteiger partial charge in [0.1, 0.15) is 0 Å². The highest BCUT2D eigenvalue weighted by Crippen LogP contribution is 2.33. The summed E-state index contributed by atoms with van der Waals surface area (Å²) in [5, 5.41) is 11.9. The molecule has 0 atom stereocenters. The second kappa shape index (κ2) is 8.84. The van der Waals surface area contributed by atoms with Crippen LogP contribution in [0.5, 0.6) is 0 Å². The van der Waals surface area contributed by atoms with Crippen molar-refractivity contribution in [2.45, 2.75) is 11.3 Å². The Labute approximate surface area is 178 Å². The van der Waals surface area contributed by atoms with E-state index in [-0.39, 0.29) is 17.2 Å². The Hall–Kier alpha value is -2.58. The van der Waals surface area contributed by atoms with Crippen molar-refractivity contribution < 1.29 is 13.2 Å². The number of sulfonamides is 1. The molecule has 0 spiro atoms. The van der Waals surface area contributed by atoms with Gasteiger partial charge in [0.15, 0.2) is 0 Å². The maximum atomic E-state index is 12.5. The van der Waals surface area contributed by atoms with E-state index in [0.717, 1.165) is 5.56 Å². The summed E-state index contributed by atoms with van der Waals surface area (Å²) in [4.78, 5) is 12.4. The number of rotatable bonds is 6. The third kappa shape index (κ3) is 5.48. The molecule has 0 aliphatic heterocycles. The third-order valence-corrected chi connectivity index (χ3v) is 5.62. The van der Waals surface area contributed by atoms with Gasteiger partial charge in [-0.05, 0) is 48.0 Å². The molecule has 4 N–H and O–H groups in total. The van der Waals surface area contributed by atoms with Crippen LogP contribution >= 0.6 is 23.2 Å². The lowest BCUT2D eigenvalue weighted by Crippen LogP contribution is -2.16. The Kier molecular flexibility index (Phi) is 6.44. The van der Waals surface area contributed by atoms with E-state index < -0.39 is 10.0 Å². The summed E-state index contributed by atoms with van der Waals surface area (Å²) in [6.45, 7) is 0. The highest BCUT2D eigenvalue weighted by Gasteiger charge is 2.12. The first-order chi connectivity index (χ1) is 13.7. The summed E-state index contributed by atoms with van der Waals surface area (Å²) in [5.74, 6) is -0.270. The Balaban J connectivity index is 1.74. The zero-order valence-electron chi connectivity index (χ0n) is 15.0. The lowest BCUT2D eigenvalue weighted by molar-refractivity contribution is -0.115. The van der Waals surface area contributed by atoms with Crippen molar-refractivity contribution in [1.29, 1.82) is 0 Å². The molecule has 0 aliphatic carbocycles. The van der Waals surface area contributed by atoms with Gasteiger partial charge in [-0.2, -0.15) is 0 Å². The van der Waals surface area contributed by atoms with Crippen LogP contribution in [0.1, 0.15) is 5.56 Å². The topological polar surface area (TPSA) is 101 Å². The molecule has 0 unspecified atom stereocenters. The highest BCUT2D eigenvalue weighted by atomic mass is 35.5. The van der Waals surface area contributed by atoms with E-state index in [1.165, 1.54) is 24.3 Å². The van der Waals surface area contributed by atoms with Crippen molar-refractivity contribution in [2.24, 2.45) is 5.14 Å². The molecule has 150 valence electrons. The van der Waals surface area contributed by atoms with Crippen molar-refractivity contribution >= 4 is 56.2 Å². The molecule has 3 aromatic rings. The molecule has 0 saturated carbocycles. The van der Waals surface area contributed by atoms with Gasteiger partial charge in [0.2, 0.25) is 15.9 Å². The average Bonchev–Trinajstić information content (AvgIpc) is 2.66. The van der Waals surface area contributed by atoms with Gasteiger partial charge in [0, 0.05) is 11.4 Å². The number of carbonyl (C=O) groups is 1. The van der Waals surface area contributed by atoms with E-state index in [4.69, 9.17) is 28.3 Å². The van der Waals surface area contributed by atoms with E-state index in [0.29, 0.717) is 27.1 Å². The number of carbonyl (C=O) groups excluding carboxylic acids is 1. The Morgan fingerprint density at radius 1 is 0.897 bits per heavy atom. The summed E-state index contributed by atoms with van der Waals surface area (Å²) >= 11 is 12.4. The number of primary sulfonamides is 1. The molecule has 0 radical (unpaired) electrons. The first-order valence-electron chi connectivity index (χ1n) is 8.46. The Bertz CT molecular complexity index is 1130. The monoisotopic (exact) mass is 449 g/mol. The minimum absolute atomic E-state index is 0.0262. The van der Waals surface area contributed by atoms with Crippen LogP contribution < -0.4 is 15.8 Å². The molecule has 3 rings (SSSR count). The molecule has 6 nitrogen and oxygen atoms in total. The van der Waals surface area contributed by atoms with Crippen molar-refractivity contribution in [3.63, 3.8) is 0 Å². The van der Waals surface area contributed by atoms with Gasteiger partial charge in [-0.25, -0.2) is 13.6 Å². The van der Waals surface area contributed by atoms with Gasteiger partial charge in [0.25, 0.3) is 0 Å². The molecule has 29 heavy (non-hydrogen) atoms. The maximum Gasteiger partial charge on any atom is 0.238 e. The molecule has 3 aromatic carbocycles. The van der Waals surface area contributed by atoms with E-state index in [1.807, 2.05) is 24.3 Å². The first-order valence-corrected chi connectivity index (χ1v) is 10.8. The van der Waals surface area contributed by atoms with Crippen LogP contribution in [0.4, 0.5) is 17.1 Å². The van der Waals surface area contributed by atoms with Gasteiger partial charge in [-0.15, -0.1) is 0 Å². The number of para-hydroxylation sites is 2. The number of hydrogen-bond acceptors (Lipinski definition) is 4. The molecular weight excluding hydrogens is 433 g/mol. The first kappa shape index (κ1) is 21.1. The van der Waals surface area contributed by atoms with Crippen molar-refractivity contribution in [3.8, 4) is 0 Å². The van der Waals surface area contributed by atoms with E-state index in [2.05, 4.69) is 10.6 Å². The summed E-state index contributed by atoms with van der Waals surface area (Å²) in [6.07, 6.45) is 0.0855. The summed E-state index contributed by atoms with van der Waals surface area (Å²) in [5.41, 5.74) is 2.45. The van der Waals surface area contributed by atoms with Gasteiger partial charge in [-0.3, -0.25) is 4.79 Å². The molecule has 0 aliphatic rings. The number of amides is 1. The van der Waals surface area contributed by atoms with Crippen molar-refractivity contribution in [3.05, 3.63) is 82.3 Å². The quantitative estimate of drug-likeness (QED) is 0.512. The summed E-state index contributed by atoms with van der Waals surface area (Å²) in [6, 6.07) is 18.1. The fourth-order valence-corrected chi connectivity index (χ4v) is 3.66. The van der Waals surface area contributed by atoms with Crippen molar-refractivity contribution in [2.75, 3.05) is 10.6 Å². The van der Waals surface area contributed by atoms with Crippen LogP contribution in [0.3, 0.4) is 0 Å². The lowest BCUT2D eigenvalue weighted by atomic mass is 10.1. The lowest BCUT2D eigenvalue weighted by Gasteiger charge is -2.14. The second-order valence-electron chi connectivity index (χ2n) is 6.17. The van der Waals surface area contributed by atoms with Crippen LogP contribution in [0.2, 0.25) is 10.0 Å². The zero-order chi connectivity index (χ0) is 21.0. The standard InChI is InChI=1S/C20H17Cl2N3O3S/c21-16-5-3-6-17(22)20(16)25-18-7-2-1-4-13(18)12-19(26)24-14-8-10-15(11-9-14)29(23,27)28/h1-11,25H,12H2,(H,24,26)(H2,23,27,28). The van der Waals surface area contributed by atoms with E-state index in [1.54, 1.807) is 18.2 Å². The molecule has 0 heterocycles. The maximum absolute atomic E-state index is 12.5. The number of benzene rings is 3. The minimum atomic E-state index is -3.78. The number of nitrogens with two attached hydrogens (primary N) is 1. The van der Waals surface area contributed by atoms with Crippen LogP contribution in [-0.4, -0.2) is 14.3 Å². The van der Waals surface area contributed by atoms with E-state index >= 15 is 0 Å². The Morgan fingerprint density at radius 3 is 2.14 bits per heavy atom. The van der Waals surface area contributed by atoms with Gasteiger partial charge >= 0.3 is 0 Å². The molecule has 0 saturated heterocycles. The number of hydrogen-bond donors (Lipinski definition) is 3. The van der Waals surface area contributed by atoms with Gasteiger partial charge < -0.3 is 10.6 Å². The predicted octanol–water partition coefficient (Wildman–Crippen LogP) is 4.57. The molecule has 9 heteroatoms. The summed E-state index contributed by atoms with van der Waals surface area (Å²) in [7, 11) is -3.78. The largest absolute Gasteiger partial charge is 0.353 e. The van der Waals surface area contributed by atoms with Gasteiger partial charge in [0.05, 0.1) is 27.0 Å². The Morgan fingerprint density at radius 2 is 1.52 bits per heavy atom. The molecule has 0 fully saturated rings. The molecule has 1 amide bonds. The molecule has 0 aromatic heterocycles. The second-order valence-corrected chi connectivity index (χ2v) is 8.55. The van der Waals surface area contributed by atoms with Crippen LogP contribution in [0, 0.1) is 0 Å². The smallest absolute Gasteiger partial charge is 0.238 e. The fraction of sp³-hybridized carbons (Fsp3) is 0.0500. The SMILES string of the molecule is NS(=O)(=O)c1ccc(NC(=O)Cc2ccccc2Nc2c(Cl)cccc2Cl)cc1. The molecule has 0 bridgehead atoms. The van der Waals surface area contributed by atoms with Crippen LogP contribution in [-0.2, 0) is 21.2 Å².